The summed E-state index contributed by atoms with van der Waals surface area (Å²) in [4.78, 5) is 29.4. The van der Waals surface area contributed by atoms with E-state index in [0.29, 0.717) is 12.1 Å². The zero-order chi connectivity index (χ0) is 15.7. The lowest BCUT2D eigenvalue weighted by Gasteiger charge is -2.38. The summed E-state index contributed by atoms with van der Waals surface area (Å²) in [6, 6.07) is 3.08. The van der Waals surface area contributed by atoms with Crippen LogP contribution in [0.25, 0.3) is 0 Å². The highest BCUT2D eigenvalue weighted by molar-refractivity contribution is 5.97. The SMILES string of the molecule is CC1N(C(=O)c2ccnc(C(=O)O)c2)CCC12CCOCC2. The molecule has 0 aromatic carbocycles. The monoisotopic (exact) mass is 304 g/mol. The Kier molecular flexibility index (Phi) is 3.87. The minimum atomic E-state index is -1.12. The highest BCUT2D eigenvalue weighted by Crippen LogP contribution is 2.45. The van der Waals surface area contributed by atoms with Crippen LogP contribution >= 0.6 is 0 Å². The van der Waals surface area contributed by atoms with Crippen LogP contribution in [0, 0.1) is 5.41 Å². The average molecular weight is 304 g/mol. The summed E-state index contributed by atoms with van der Waals surface area (Å²) in [7, 11) is 0. The first-order valence-corrected chi connectivity index (χ1v) is 7.62. The molecule has 3 heterocycles. The molecule has 2 aliphatic rings. The first-order valence-electron chi connectivity index (χ1n) is 7.62. The van der Waals surface area contributed by atoms with Crippen molar-refractivity contribution in [1.82, 2.24) is 9.88 Å². The van der Waals surface area contributed by atoms with Gasteiger partial charge in [-0.15, -0.1) is 0 Å². The van der Waals surface area contributed by atoms with Gasteiger partial charge in [-0.05, 0) is 43.7 Å². The number of aromatic nitrogens is 1. The van der Waals surface area contributed by atoms with Crippen LogP contribution in [0.1, 0.15) is 47.0 Å². The van der Waals surface area contributed by atoms with E-state index in [1.165, 1.54) is 12.3 Å². The summed E-state index contributed by atoms with van der Waals surface area (Å²) in [5, 5.41) is 9.01. The molecule has 1 aromatic rings. The van der Waals surface area contributed by atoms with Gasteiger partial charge in [-0.1, -0.05) is 0 Å². The first kappa shape index (κ1) is 15.0. The normalized spacial score (nSPS) is 23.7. The van der Waals surface area contributed by atoms with Gasteiger partial charge < -0.3 is 14.7 Å². The molecule has 1 aromatic heterocycles. The number of likely N-dealkylation sites (tertiary alicyclic amines) is 1. The van der Waals surface area contributed by atoms with Gasteiger partial charge in [-0.25, -0.2) is 9.78 Å². The van der Waals surface area contributed by atoms with Crippen LogP contribution in [0.15, 0.2) is 18.3 Å². The van der Waals surface area contributed by atoms with Crippen molar-refractivity contribution < 1.29 is 19.4 Å². The van der Waals surface area contributed by atoms with Crippen LogP contribution in [-0.4, -0.2) is 52.7 Å². The number of nitrogens with zero attached hydrogens (tertiary/aromatic N) is 2. The molecular weight excluding hydrogens is 284 g/mol. The van der Waals surface area contributed by atoms with Crippen LogP contribution in [0.3, 0.4) is 0 Å². The van der Waals surface area contributed by atoms with E-state index < -0.39 is 5.97 Å². The number of carboxylic acid groups (broad SMARTS) is 1. The predicted molar refractivity (Wildman–Crippen MR) is 78.8 cm³/mol. The Bertz CT molecular complexity index is 596. The smallest absolute Gasteiger partial charge is 0.354 e. The lowest BCUT2D eigenvalue weighted by atomic mass is 9.74. The van der Waals surface area contributed by atoms with Crippen molar-refractivity contribution >= 4 is 11.9 Å². The predicted octanol–water partition coefficient (Wildman–Crippen LogP) is 1.81. The van der Waals surface area contributed by atoms with Crippen molar-refractivity contribution in [3.05, 3.63) is 29.6 Å². The Morgan fingerprint density at radius 2 is 2.09 bits per heavy atom. The maximum atomic E-state index is 12.7. The van der Waals surface area contributed by atoms with Crippen molar-refractivity contribution in [2.24, 2.45) is 5.41 Å². The molecule has 22 heavy (non-hydrogen) atoms. The topological polar surface area (TPSA) is 79.7 Å². The van der Waals surface area contributed by atoms with Gasteiger partial charge >= 0.3 is 5.97 Å². The number of carbonyl (C=O) groups excluding carboxylic acids is 1. The molecule has 6 heteroatoms. The number of ether oxygens (including phenoxy) is 1. The second kappa shape index (κ2) is 5.68. The van der Waals surface area contributed by atoms with Crippen molar-refractivity contribution in [2.45, 2.75) is 32.2 Å². The van der Waals surface area contributed by atoms with Gasteiger partial charge in [0.15, 0.2) is 0 Å². The fourth-order valence-electron chi connectivity index (χ4n) is 3.65. The molecule has 6 nitrogen and oxygen atoms in total. The van der Waals surface area contributed by atoms with Crippen molar-refractivity contribution in [1.29, 1.82) is 0 Å². The molecule has 0 aliphatic carbocycles. The largest absolute Gasteiger partial charge is 0.477 e. The van der Waals surface area contributed by atoms with Gasteiger partial charge in [0.2, 0.25) is 0 Å². The van der Waals surface area contributed by atoms with E-state index in [1.54, 1.807) is 6.07 Å². The maximum Gasteiger partial charge on any atom is 0.354 e. The second-order valence-corrected chi connectivity index (χ2v) is 6.13. The molecule has 0 saturated carbocycles. The van der Waals surface area contributed by atoms with E-state index in [1.807, 2.05) is 4.90 Å². The van der Waals surface area contributed by atoms with Gasteiger partial charge in [-0.2, -0.15) is 0 Å². The van der Waals surface area contributed by atoms with Gasteiger partial charge in [-0.3, -0.25) is 4.79 Å². The van der Waals surface area contributed by atoms with E-state index in [4.69, 9.17) is 9.84 Å². The number of amides is 1. The lowest BCUT2D eigenvalue weighted by Crippen LogP contribution is -2.43. The van der Waals surface area contributed by atoms with E-state index in [0.717, 1.165) is 32.5 Å². The summed E-state index contributed by atoms with van der Waals surface area (Å²) in [5.74, 6) is -1.23. The number of pyridine rings is 1. The summed E-state index contributed by atoms with van der Waals surface area (Å²) in [6.07, 6.45) is 4.32. The highest BCUT2D eigenvalue weighted by Gasteiger charge is 2.47. The van der Waals surface area contributed by atoms with Crippen molar-refractivity contribution in [3.63, 3.8) is 0 Å². The summed E-state index contributed by atoms with van der Waals surface area (Å²) in [6.45, 7) is 4.32. The Balaban J connectivity index is 1.81. The average Bonchev–Trinajstić information content (AvgIpc) is 2.84. The molecule has 1 spiro atoms. The summed E-state index contributed by atoms with van der Waals surface area (Å²) < 4.78 is 5.45. The molecule has 1 unspecified atom stereocenters. The molecule has 3 rings (SSSR count). The van der Waals surface area contributed by atoms with Gasteiger partial charge in [0, 0.05) is 37.6 Å². The molecule has 2 aliphatic heterocycles. The lowest BCUT2D eigenvalue weighted by molar-refractivity contribution is 0.000170. The minimum absolute atomic E-state index is 0.0986. The number of carbonyl (C=O) groups is 2. The number of aromatic carboxylic acids is 1. The number of hydrogen-bond acceptors (Lipinski definition) is 4. The van der Waals surface area contributed by atoms with Crippen molar-refractivity contribution in [3.8, 4) is 0 Å². The Morgan fingerprint density at radius 3 is 2.77 bits per heavy atom. The third-order valence-corrected chi connectivity index (χ3v) is 5.18. The Labute approximate surface area is 129 Å². The molecule has 0 radical (unpaired) electrons. The molecule has 2 saturated heterocycles. The summed E-state index contributed by atoms with van der Waals surface area (Å²) >= 11 is 0. The number of hydrogen-bond donors (Lipinski definition) is 1. The summed E-state index contributed by atoms with van der Waals surface area (Å²) in [5.41, 5.74) is 0.443. The molecule has 1 amide bonds. The van der Waals surface area contributed by atoms with Crippen LogP contribution in [-0.2, 0) is 4.74 Å². The molecule has 2 fully saturated rings. The van der Waals surface area contributed by atoms with Crippen LogP contribution < -0.4 is 0 Å². The Morgan fingerprint density at radius 1 is 1.36 bits per heavy atom. The van der Waals surface area contributed by atoms with Crippen LogP contribution in [0.2, 0.25) is 0 Å². The molecule has 118 valence electrons. The third kappa shape index (κ3) is 2.47. The van der Waals surface area contributed by atoms with Crippen molar-refractivity contribution in [2.75, 3.05) is 19.8 Å². The zero-order valence-electron chi connectivity index (χ0n) is 12.6. The first-order chi connectivity index (χ1) is 10.5. The van der Waals surface area contributed by atoms with Gasteiger partial charge in [0.05, 0.1) is 0 Å². The highest BCUT2D eigenvalue weighted by atomic mass is 16.5. The van der Waals surface area contributed by atoms with E-state index in [2.05, 4.69) is 11.9 Å². The minimum Gasteiger partial charge on any atom is -0.477 e. The van der Waals surface area contributed by atoms with E-state index in [9.17, 15) is 9.59 Å². The quantitative estimate of drug-likeness (QED) is 0.901. The van der Waals surface area contributed by atoms with Gasteiger partial charge in [0.1, 0.15) is 5.69 Å². The van der Waals surface area contributed by atoms with Gasteiger partial charge in [0.25, 0.3) is 5.91 Å². The number of rotatable bonds is 2. The molecule has 0 bridgehead atoms. The molecule has 1 atom stereocenters. The zero-order valence-corrected chi connectivity index (χ0v) is 12.6. The standard InChI is InChI=1S/C16H20N2O4/c1-11-16(4-8-22-9-5-16)3-7-18(11)14(19)12-2-6-17-13(10-12)15(20)21/h2,6,10-11H,3-5,7-9H2,1H3,(H,20,21). The second-order valence-electron chi connectivity index (χ2n) is 6.13. The molecular formula is C16H20N2O4. The third-order valence-electron chi connectivity index (χ3n) is 5.18. The van der Waals surface area contributed by atoms with Crippen LogP contribution in [0.4, 0.5) is 0 Å². The Hall–Kier alpha value is -1.95. The fourth-order valence-corrected chi connectivity index (χ4v) is 3.65. The molecule has 1 N–H and O–H groups in total. The van der Waals surface area contributed by atoms with E-state index >= 15 is 0 Å². The number of carboxylic acids is 1. The van der Waals surface area contributed by atoms with Crippen LogP contribution in [0.5, 0.6) is 0 Å². The fraction of sp³-hybridized carbons (Fsp3) is 0.562. The van der Waals surface area contributed by atoms with E-state index in [-0.39, 0.29) is 23.1 Å². The maximum absolute atomic E-state index is 12.7.